The molecule has 4 heteroatoms. The quantitative estimate of drug-likeness (QED) is 0.510. The molecule has 4 nitrogen and oxygen atoms in total. The lowest BCUT2D eigenvalue weighted by Gasteiger charge is -2.25. The molecule has 0 aliphatic heterocycles. The van der Waals surface area contributed by atoms with Gasteiger partial charge >= 0.3 is 5.97 Å². The lowest BCUT2D eigenvalue weighted by Crippen LogP contribution is -2.41. The molecule has 0 atom stereocenters. The normalized spacial score (nSPS) is 12.5. The minimum absolute atomic E-state index is 0.000997. The summed E-state index contributed by atoms with van der Waals surface area (Å²) in [6.45, 7) is 7.57. The van der Waals surface area contributed by atoms with Crippen molar-refractivity contribution in [3.8, 4) is 0 Å². The van der Waals surface area contributed by atoms with E-state index in [2.05, 4.69) is 5.32 Å². The Kier molecular flexibility index (Phi) is 5.23. The molecule has 0 aliphatic rings. The number of ether oxygens (including phenoxy) is 1. The van der Waals surface area contributed by atoms with Crippen LogP contribution in [0.4, 0.5) is 0 Å². The highest BCUT2D eigenvalue weighted by molar-refractivity contribution is 5.82. The van der Waals surface area contributed by atoms with E-state index in [1.54, 1.807) is 13.8 Å². The fourth-order valence-corrected chi connectivity index (χ4v) is 0.970. The van der Waals surface area contributed by atoms with E-state index >= 15 is 0 Å². The average Bonchev–Trinajstić information content (AvgIpc) is 2.03. The molecule has 0 aliphatic carbocycles. The number of nitrogens with one attached hydrogen (secondary N) is 1. The van der Waals surface area contributed by atoms with E-state index in [-0.39, 0.29) is 12.6 Å². The molecule has 0 rings (SSSR count). The van der Waals surface area contributed by atoms with Gasteiger partial charge in [0.05, 0.1) is 18.8 Å². The number of aliphatic hydroxyl groups is 1. The van der Waals surface area contributed by atoms with E-state index in [9.17, 15) is 4.79 Å². The Morgan fingerprint density at radius 1 is 1.57 bits per heavy atom. The number of carbonyl (C=O) groups is 1. The molecule has 0 unspecified atom stereocenters. The highest BCUT2D eigenvalue weighted by Crippen LogP contribution is 2.03. The first-order chi connectivity index (χ1) is 6.41. The Hall–Kier alpha value is -1.03. The van der Waals surface area contributed by atoms with Gasteiger partial charge in [0.1, 0.15) is 0 Å². The third-order valence-electron chi connectivity index (χ3n) is 1.55. The van der Waals surface area contributed by atoms with Crippen molar-refractivity contribution in [2.24, 2.45) is 0 Å². The van der Waals surface area contributed by atoms with Gasteiger partial charge in [-0.2, -0.15) is 0 Å². The zero-order valence-corrected chi connectivity index (χ0v) is 9.26. The second-order valence-corrected chi connectivity index (χ2v) is 3.75. The van der Waals surface area contributed by atoms with Crippen molar-refractivity contribution < 1.29 is 14.6 Å². The molecule has 0 fully saturated rings. The van der Waals surface area contributed by atoms with Gasteiger partial charge in [-0.1, -0.05) is 0 Å². The Labute approximate surface area is 85.0 Å². The van der Waals surface area contributed by atoms with Crippen LogP contribution in [0.1, 0.15) is 27.7 Å². The topological polar surface area (TPSA) is 58.6 Å². The summed E-state index contributed by atoms with van der Waals surface area (Å²) in [6.07, 6.45) is 1.38. The second-order valence-electron chi connectivity index (χ2n) is 3.75. The number of hydrogen-bond donors (Lipinski definition) is 2. The summed E-state index contributed by atoms with van der Waals surface area (Å²) in [7, 11) is 0. The second kappa shape index (κ2) is 5.65. The zero-order chi connectivity index (χ0) is 11.2. The van der Waals surface area contributed by atoms with Crippen LogP contribution in [0.2, 0.25) is 0 Å². The Balaban J connectivity index is 4.19. The van der Waals surface area contributed by atoms with Crippen LogP contribution in [0.15, 0.2) is 11.8 Å². The van der Waals surface area contributed by atoms with E-state index < -0.39 is 5.54 Å². The highest BCUT2D eigenvalue weighted by atomic mass is 16.5. The summed E-state index contributed by atoms with van der Waals surface area (Å²) in [6, 6.07) is 0. The third-order valence-corrected chi connectivity index (χ3v) is 1.55. The fourth-order valence-electron chi connectivity index (χ4n) is 0.970. The first-order valence-electron chi connectivity index (χ1n) is 4.65. The molecule has 0 saturated heterocycles. The van der Waals surface area contributed by atoms with Crippen molar-refractivity contribution >= 4 is 5.97 Å². The Morgan fingerprint density at radius 2 is 2.14 bits per heavy atom. The van der Waals surface area contributed by atoms with Crippen LogP contribution in [-0.2, 0) is 9.53 Å². The first-order valence-corrected chi connectivity index (χ1v) is 4.65. The van der Waals surface area contributed by atoms with Gasteiger partial charge in [-0.3, -0.25) is 0 Å². The van der Waals surface area contributed by atoms with E-state index in [0.717, 1.165) is 0 Å². The molecule has 0 radical (unpaired) electrons. The molecule has 0 heterocycles. The van der Waals surface area contributed by atoms with E-state index in [1.807, 2.05) is 13.8 Å². The molecule has 82 valence electrons. The molecule has 0 spiro atoms. The number of aliphatic hydroxyl groups excluding tert-OH is 1. The molecule has 0 bridgehead atoms. The van der Waals surface area contributed by atoms with Crippen LogP contribution < -0.4 is 5.32 Å². The van der Waals surface area contributed by atoms with Gasteiger partial charge in [0.15, 0.2) is 0 Å². The number of allylic oxidation sites excluding steroid dienone is 1. The van der Waals surface area contributed by atoms with Gasteiger partial charge in [-0.25, -0.2) is 4.79 Å². The summed E-state index contributed by atoms with van der Waals surface area (Å²) >= 11 is 0. The van der Waals surface area contributed by atoms with Crippen LogP contribution in [0.3, 0.4) is 0 Å². The number of carbonyl (C=O) groups excluding carboxylic acids is 1. The Morgan fingerprint density at radius 3 is 2.57 bits per heavy atom. The van der Waals surface area contributed by atoms with Crippen molar-refractivity contribution in [1.29, 1.82) is 0 Å². The molecule has 0 aromatic rings. The third kappa shape index (κ3) is 5.59. The minimum Gasteiger partial charge on any atom is -0.463 e. The standard InChI is InChI=1S/C10H19NO3/c1-5-14-9(13)6-8(2)11-10(3,4)7-12/h6,11-12H,5,7H2,1-4H3/b8-6-. The van der Waals surface area contributed by atoms with Crippen molar-refractivity contribution in [3.63, 3.8) is 0 Å². The van der Waals surface area contributed by atoms with Crippen LogP contribution >= 0.6 is 0 Å². The van der Waals surface area contributed by atoms with Gasteiger partial charge in [-0.15, -0.1) is 0 Å². The maximum absolute atomic E-state index is 11.0. The molecular formula is C10H19NO3. The van der Waals surface area contributed by atoms with Crippen molar-refractivity contribution in [1.82, 2.24) is 5.32 Å². The van der Waals surface area contributed by atoms with Crippen LogP contribution in [0.25, 0.3) is 0 Å². The first kappa shape index (κ1) is 13.0. The van der Waals surface area contributed by atoms with Crippen LogP contribution in [0, 0.1) is 0 Å². The number of rotatable bonds is 5. The van der Waals surface area contributed by atoms with Gasteiger partial charge in [-0.05, 0) is 27.7 Å². The molecule has 14 heavy (non-hydrogen) atoms. The van der Waals surface area contributed by atoms with Crippen LogP contribution in [0.5, 0.6) is 0 Å². The van der Waals surface area contributed by atoms with Gasteiger partial charge in [0, 0.05) is 11.8 Å². The molecule has 2 N–H and O–H groups in total. The smallest absolute Gasteiger partial charge is 0.332 e. The van der Waals surface area contributed by atoms with Crippen LogP contribution in [-0.4, -0.2) is 29.8 Å². The molecule has 0 saturated carbocycles. The van der Waals surface area contributed by atoms with Gasteiger partial charge in [0.25, 0.3) is 0 Å². The molecule has 0 aromatic carbocycles. The SMILES string of the molecule is CCOC(=O)/C=C(/C)NC(C)(C)CO. The predicted octanol–water partition coefficient (Wildman–Crippen LogP) is 0.814. The maximum atomic E-state index is 11.0. The molecule has 0 aromatic heterocycles. The van der Waals surface area contributed by atoms with E-state index in [0.29, 0.717) is 12.3 Å². The Bertz CT molecular complexity index is 221. The van der Waals surface area contributed by atoms with E-state index in [4.69, 9.17) is 9.84 Å². The van der Waals surface area contributed by atoms with Gasteiger partial charge in [0.2, 0.25) is 0 Å². The zero-order valence-electron chi connectivity index (χ0n) is 9.26. The van der Waals surface area contributed by atoms with Crippen molar-refractivity contribution in [3.05, 3.63) is 11.8 Å². The monoisotopic (exact) mass is 201 g/mol. The maximum Gasteiger partial charge on any atom is 0.332 e. The lowest BCUT2D eigenvalue weighted by atomic mass is 10.1. The summed E-state index contributed by atoms with van der Waals surface area (Å²) in [5.74, 6) is -0.369. The summed E-state index contributed by atoms with van der Waals surface area (Å²) in [5, 5.41) is 12.0. The molecular weight excluding hydrogens is 182 g/mol. The van der Waals surface area contributed by atoms with E-state index in [1.165, 1.54) is 6.08 Å². The predicted molar refractivity (Wildman–Crippen MR) is 54.7 cm³/mol. The molecule has 0 amide bonds. The highest BCUT2D eigenvalue weighted by Gasteiger charge is 2.15. The minimum atomic E-state index is -0.424. The summed E-state index contributed by atoms with van der Waals surface area (Å²) < 4.78 is 4.74. The number of hydrogen-bond acceptors (Lipinski definition) is 4. The fraction of sp³-hybridized carbons (Fsp3) is 0.700. The summed E-state index contributed by atoms with van der Waals surface area (Å²) in [4.78, 5) is 11.0. The van der Waals surface area contributed by atoms with Gasteiger partial charge < -0.3 is 15.2 Å². The van der Waals surface area contributed by atoms with Crippen molar-refractivity contribution in [2.75, 3.05) is 13.2 Å². The number of esters is 1. The average molecular weight is 201 g/mol. The lowest BCUT2D eigenvalue weighted by molar-refractivity contribution is -0.137. The largest absolute Gasteiger partial charge is 0.463 e. The van der Waals surface area contributed by atoms with Crippen molar-refractivity contribution in [2.45, 2.75) is 33.2 Å². The summed E-state index contributed by atoms with van der Waals surface area (Å²) in [5.41, 5.74) is 0.259.